The summed E-state index contributed by atoms with van der Waals surface area (Å²) in [6, 6.07) is -0.889. The number of carbonyl (C=O) groups excluding carboxylic acids is 1. The molecule has 21 heavy (non-hydrogen) atoms. The summed E-state index contributed by atoms with van der Waals surface area (Å²) in [7, 11) is 2.11. The molecule has 120 valence electrons. The molecule has 2 aliphatic heterocycles. The van der Waals surface area contributed by atoms with Crippen LogP contribution in [0.3, 0.4) is 0 Å². The summed E-state index contributed by atoms with van der Waals surface area (Å²) in [4.78, 5) is 27.4. The van der Waals surface area contributed by atoms with Gasteiger partial charge in [-0.15, -0.1) is 0 Å². The molecular weight excluding hydrogens is 270 g/mol. The van der Waals surface area contributed by atoms with Crippen LogP contribution in [0.25, 0.3) is 0 Å². The first-order valence-electron chi connectivity index (χ1n) is 7.93. The van der Waals surface area contributed by atoms with Crippen LogP contribution in [0, 0.1) is 11.8 Å². The number of piperidine rings is 2. The summed E-state index contributed by atoms with van der Waals surface area (Å²) in [6.45, 7) is 5.38. The second-order valence-electron chi connectivity index (χ2n) is 6.61. The fourth-order valence-corrected chi connectivity index (χ4v) is 3.22. The smallest absolute Gasteiger partial charge is 0.326 e. The van der Waals surface area contributed by atoms with Crippen LogP contribution in [0.4, 0.5) is 4.79 Å². The molecule has 0 aliphatic carbocycles. The van der Waals surface area contributed by atoms with Crippen molar-refractivity contribution in [3.8, 4) is 0 Å². The molecule has 2 fully saturated rings. The minimum absolute atomic E-state index is 0.215. The van der Waals surface area contributed by atoms with Crippen molar-refractivity contribution >= 4 is 12.0 Å². The average Bonchev–Trinajstić information content (AvgIpc) is 2.46. The first-order valence-corrected chi connectivity index (χ1v) is 7.93. The van der Waals surface area contributed by atoms with Crippen LogP contribution in [0.15, 0.2) is 0 Å². The number of hydrogen-bond donors (Lipinski definition) is 2. The van der Waals surface area contributed by atoms with Crippen LogP contribution in [-0.2, 0) is 4.79 Å². The zero-order valence-corrected chi connectivity index (χ0v) is 13.0. The van der Waals surface area contributed by atoms with E-state index in [0.717, 1.165) is 32.4 Å². The number of aliphatic carboxylic acids is 1. The Kier molecular flexibility index (Phi) is 5.45. The van der Waals surface area contributed by atoms with E-state index in [9.17, 15) is 14.7 Å². The largest absolute Gasteiger partial charge is 0.480 e. The summed E-state index contributed by atoms with van der Waals surface area (Å²) in [5.41, 5.74) is 0. The number of amides is 2. The first kappa shape index (κ1) is 16.1. The number of carboxylic acid groups (broad SMARTS) is 1. The third-order valence-electron chi connectivity index (χ3n) is 4.79. The van der Waals surface area contributed by atoms with E-state index in [1.807, 2.05) is 6.92 Å². The van der Waals surface area contributed by atoms with E-state index in [4.69, 9.17) is 0 Å². The van der Waals surface area contributed by atoms with Crippen LogP contribution in [-0.4, -0.2) is 66.2 Å². The van der Waals surface area contributed by atoms with Crippen molar-refractivity contribution < 1.29 is 14.7 Å². The van der Waals surface area contributed by atoms with Gasteiger partial charge in [-0.3, -0.25) is 0 Å². The van der Waals surface area contributed by atoms with E-state index in [2.05, 4.69) is 17.3 Å². The van der Waals surface area contributed by atoms with Crippen LogP contribution in [0.1, 0.15) is 32.6 Å². The normalized spacial score (nSPS) is 28.4. The molecule has 2 N–H and O–H groups in total. The van der Waals surface area contributed by atoms with Gasteiger partial charge in [0.05, 0.1) is 0 Å². The van der Waals surface area contributed by atoms with E-state index in [1.54, 1.807) is 0 Å². The summed E-state index contributed by atoms with van der Waals surface area (Å²) in [5, 5.41) is 12.2. The Morgan fingerprint density at radius 2 is 1.86 bits per heavy atom. The lowest BCUT2D eigenvalue weighted by atomic mass is 9.92. The van der Waals surface area contributed by atoms with Crippen molar-refractivity contribution in [1.29, 1.82) is 0 Å². The van der Waals surface area contributed by atoms with Crippen LogP contribution < -0.4 is 5.32 Å². The van der Waals surface area contributed by atoms with E-state index in [-0.39, 0.29) is 6.03 Å². The van der Waals surface area contributed by atoms with Gasteiger partial charge in [-0.25, -0.2) is 9.59 Å². The van der Waals surface area contributed by atoms with Gasteiger partial charge in [-0.2, -0.15) is 0 Å². The fraction of sp³-hybridized carbons (Fsp3) is 0.867. The third kappa shape index (κ3) is 4.33. The highest BCUT2D eigenvalue weighted by Gasteiger charge is 2.34. The molecule has 2 amide bonds. The fourth-order valence-electron chi connectivity index (χ4n) is 3.22. The number of hydrogen-bond acceptors (Lipinski definition) is 3. The van der Waals surface area contributed by atoms with Crippen LogP contribution in [0.2, 0.25) is 0 Å². The minimum Gasteiger partial charge on any atom is -0.480 e. The molecule has 0 spiro atoms. The van der Waals surface area contributed by atoms with Gasteiger partial charge in [0, 0.05) is 13.1 Å². The molecule has 2 rings (SSSR count). The zero-order chi connectivity index (χ0) is 15.4. The Morgan fingerprint density at radius 1 is 1.19 bits per heavy atom. The number of carbonyl (C=O) groups is 2. The van der Waals surface area contributed by atoms with E-state index in [0.29, 0.717) is 31.3 Å². The molecule has 6 nitrogen and oxygen atoms in total. The molecule has 0 bridgehead atoms. The summed E-state index contributed by atoms with van der Waals surface area (Å²) in [6.07, 6.45) is 3.62. The Morgan fingerprint density at radius 3 is 2.48 bits per heavy atom. The van der Waals surface area contributed by atoms with Crippen LogP contribution in [0.5, 0.6) is 0 Å². The van der Waals surface area contributed by atoms with Crippen molar-refractivity contribution in [2.75, 3.05) is 33.2 Å². The zero-order valence-electron chi connectivity index (χ0n) is 13.0. The Balaban J connectivity index is 1.82. The topological polar surface area (TPSA) is 72.9 Å². The predicted molar refractivity (Wildman–Crippen MR) is 80.1 cm³/mol. The lowest BCUT2D eigenvalue weighted by molar-refractivity contribution is -0.143. The highest BCUT2D eigenvalue weighted by Crippen LogP contribution is 2.23. The maximum Gasteiger partial charge on any atom is 0.326 e. The number of nitrogens with zero attached hydrogens (tertiary/aromatic N) is 2. The molecule has 6 heteroatoms. The predicted octanol–water partition coefficient (Wildman–Crippen LogP) is 1.22. The molecule has 2 saturated heterocycles. The quantitative estimate of drug-likeness (QED) is 0.821. The molecule has 0 radical (unpaired) electrons. The maximum atomic E-state index is 12.3. The Labute approximate surface area is 126 Å². The third-order valence-corrected chi connectivity index (χ3v) is 4.79. The lowest BCUT2D eigenvalue weighted by Gasteiger charge is -2.36. The van der Waals surface area contributed by atoms with Gasteiger partial charge in [-0.05, 0) is 57.7 Å². The monoisotopic (exact) mass is 297 g/mol. The maximum absolute atomic E-state index is 12.3. The Bertz CT molecular complexity index is 380. The second-order valence-corrected chi connectivity index (χ2v) is 6.61. The average molecular weight is 297 g/mol. The van der Waals surface area contributed by atoms with Gasteiger partial charge in [0.15, 0.2) is 0 Å². The van der Waals surface area contributed by atoms with Crippen molar-refractivity contribution in [3.05, 3.63) is 0 Å². The molecule has 2 heterocycles. The summed E-state index contributed by atoms with van der Waals surface area (Å²) < 4.78 is 0. The summed E-state index contributed by atoms with van der Waals surface area (Å²) in [5.74, 6) is -0.0165. The van der Waals surface area contributed by atoms with Crippen LogP contribution >= 0.6 is 0 Å². The summed E-state index contributed by atoms with van der Waals surface area (Å²) >= 11 is 0. The molecule has 0 saturated carbocycles. The molecule has 0 aromatic rings. The van der Waals surface area contributed by atoms with Gasteiger partial charge in [-0.1, -0.05) is 6.92 Å². The van der Waals surface area contributed by atoms with Gasteiger partial charge in [0.1, 0.15) is 6.04 Å². The highest BCUT2D eigenvalue weighted by atomic mass is 16.4. The van der Waals surface area contributed by atoms with Crippen molar-refractivity contribution in [2.45, 2.75) is 38.6 Å². The SMILES string of the molecule is CC1CCN(C(=O)NCC2CCN(C)CC2)C(C(=O)O)C1. The molecule has 0 aromatic carbocycles. The molecule has 2 aliphatic rings. The lowest BCUT2D eigenvalue weighted by Crippen LogP contribution is -2.54. The van der Waals surface area contributed by atoms with Gasteiger partial charge >= 0.3 is 12.0 Å². The van der Waals surface area contributed by atoms with Gasteiger partial charge in [0.25, 0.3) is 0 Å². The number of likely N-dealkylation sites (tertiary alicyclic amines) is 2. The van der Waals surface area contributed by atoms with Gasteiger partial charge < -0.3 is 20.2 Å². The molecular formula is C15H27N3O3. The minimum atomic E-state index is -0.893. The number of nitrogens with one attached hydrogen (secondary N) is 1. The van der Waals surface area contributed by atoms with E-state index >= 15 is 0 Å². The molecule has 2 atom stereocenters. The molecule has 2 unspecified atom stereocenters. The number of urea groups is 1. The van der Waals surface area contributed by atoms with Crippen molar-refractivity contribution in [1.82, 2.24) is 15.1 Å². The highest BCUT2D eigenvalue weighted by molar-refractivity contribution is 5.82. The molecule has 0 aromatic heterocycles. The second kappa shape index (κ2) is 7.11. The van der Waals surface area contributed by atoms with Gasteiger partial charge in [0.2, 0.25) is 0 Å². The van der Waals surface area contributed by atoms with E-state index in [1.165, 1.54) is 4.90 Å². The van der Waals surface area contributed by atoms with Crippen molar-refractivity contribution in [2.24, 2.45) is 11.8 Å². The van der Waals surface area contributed by atoms with Crippen molar-refractivity contribution in [3.63, 3.8) is 0 Å². The number of carboxylic acids is 1. The number of rotatable bonds is 3. The Hall–Kier alpha value is -1.30. The first-order chi connectivity index (χ1) is 9.97. The van der Waals surface area contributed by atoms with E-state index < -0.39 is 12.0 Å². The standard InChI is InChI=1S/C15H27N3O3/c1-11-3-8-18(13(9-11)14(19)20)15(21)16-10-12-4-6-17(2)7-5-12/h11-13H,3-10H2,1-2H3,(H,16,21)(H,19,20).